The second kappa shape index (κ2) is 4.50. The maximum atomic E-state index is 4.39. The molecule has 0 saturated carbocycles. The van der Waals surface area contributed by atoms with Crippen molar-refractivity contribution in [3.63, 3.8) is 0 Å². The highest BCUT2D eigenvalue weighted by molar-refractivity contribution is 9.09. The third kappa shape index (κ3) is 1.79. The van der Waals surface area contributed by atoms with Crippen LogP contribution < -0.4 is 4.90 Å². The summed E-state index contributed by atoms with van der Waals surface area (Å²) in [6, 6.07) is 2.61. The van der Waals surface area contributed by atoms with E-state index in [1.54, 1.807) is 6.33 Å². The van der Waals surface area contributed by atoms with E-state index in [4.69, 9.17) is 0 Å². The van der Waals surface area contributed by atoms with Crippen LogP contribution in [0.1, 0.15) is 19.0 Å². The van der Waals surface area contributed by atoms with Crippen molar-refractivity contribution in [1.29, 1.82) is 0 Å². The molecule has 96 valence electrons. The number of aryl methyl sites for hydroxylation is 1. The van der Waals surface area contributed by atoms with Gasteiger partial charge >= 0.3 is 0 Å². The van der Waals surface area contributed by atoms with E-state index in [9.17, 15) is 0 Å². The quantitative estimate of drug-likeness (QED) is 0.797. The molecule has 2 unspecified atom stereocenters. The summed E-state index contributed by atoms with van der Waals surface area (Å²) in [4.78, 5) is 11.0. The van der Waals surface area contributed by atoms with Gasteiger partial charge in [-0.1, -0.05) is 22.9 Å². The minimum absolute atomic E-state index is 0.513. The maximum Gasteiger partial charge on any atom is 0.254 e. The third-order valence-electron chi connectivity index (χ3n) is 3.70. The molecule has 1 saturated heterocycles. The van der Waals surface area contributed by atoms with Crippen LogP contribution >= 0.6 is 15.9 Å². The fraction of sp³-hybridized carbons (Fsp3) is 0.583. The molecule has 0 amide bonds. The Bertz CT molecular complexity index is 567. The molecule has 0 N–H and O–H groups in total. The lowest BCUT2D eigenvalue weighted by Crippen LogP contribution is -2.35. The van der Waals surface area contributed by atoms with Crippen molar-refractivity contribution < 1.29 is 0 Å². The second-order valence-electron chi connectivity index (χ2n) is 4.91. The van der Waals surface area contributed by atoms with Gasteiger partial charge in [0, 0.05) is 29.7 Å². The first-order valence-corrected chi connectivity index (χ1v) is 7.33. The van der Waals surface area contributed by atoms with Gasteiger partial charge in [0.1, 0.15) is 12.1 Å². The first kappa shape index (κ1) is 11.9. The summed E-state index contributed by atoms with van der Waals surface area (Å²) in [5.74, 6) is 2.47. The first-order valence-electron chi connectivity index (χ1n) is 6.20. The molecular weight excluding hydrogens is 294 g/mol. The Balaban J connectivity index is 2.11. The minimum Gasteiger partial charge on any atom is -0.352 e. The normalized spacial score (nSPS) is 24.1. The Hall–Kier alpha value is -1.17. The summed E-state index contributed by atoms with van der Waals surface area (Å²) in [7, 11) is 0. The van der Waals surface area contributed by atoms with Gasteiger partial charge in [-0.25, -0.2) is 4.98 Å². The molecule has 3 heterocycles. The lowest BCUT2D eigenvalue weighted by atomic mass is 10.1. The predicted octanol–water partition coefficient (Wildman–Crippen LogP) is 2.04. The highest BCUT2D eigenvalue weighted by Crippen LogP contribution is 2.30. The van der Waals surface area contributed by atoms with E-state index in [1.165, 1.54) is 6.42 Å². The summed E-state index contributed by atoms with van der Waals surface area (Å²) in [5.41, 5.74) is 0.985. The van der Waals surface area contributed by atoms with Crippen LogP contribution in [0.2, 0.25) is 0 Å². The van der Waals surface area contributed by atoms with Crippen molar-refractivity contribution in [1.82, 2.24) is 19.6 Å². The topological polar surface area (TPSA) is 46.3 Å². The molecule has 0 radical (unpaired) electrons. The number of alkyl halides is 1. The van der Waals surface area contributed by atoms with Crippen LogP contribution in [-0.4, -0.2) is 37.5 Å². The zero-order valence-corrected chi connectivity index (χ0v) is 12.1. The van der Waals surface area contributed by atoms with Crippen molar-refractivity contribution >= 4 is 27.5 Å². The Morgan fingerprint density at radius 2 is 2.33 bits per heavy atom. The summed E-state index contributed by atoms with van der Waals surface area (Å²) < 4.78 is 1.83. The van der Waals surface area contributed by atoms with Gasteiger partial charge < -0.3 is 4.90 Å². The number of anilines is 1. The lowest BCUT2D eigenvalue weighted by molar-refractivity contribution is 0.551. The molecule has 2 aromatic heterocycles. The molecule has 0 bridgehead atoms. The zero-order chi connectivity index (χ0) is 12.7. The van der Waals surface area contributed by atoms with Crippen molar-refractivity contribution in [3.05, 3.63) is 18.1 Å². The van der Waals surface area contributed by atoms with Crippen LogP contribution in [0.3, 0.4) is 0 Å². The standard InChI is InChI=1S/C12H16BrN5/c1-8-3-4-17(10(8)6-13)11-5-9(2)16-12-14-7-15-18(11)12/h5,7-8,10H,3-4,6H2,1-2H3. The second-order valence-corrected chi connectivity index (χ2v) is 5.56. The SMILES string of the molecule is Cc1cc(N2CCC(C)C2CBr)n2ncnc2n1. The summed E-state index contributed by atoms with van der Waals surface area (Å²) in [6.45, 7) is 5.37. The van der Waals surface area contributed by atoms with Crippen LogP contribution in [0, 0.1) is 12.8 Å². The van der Waals surface area contributed by atoms with Gasteiger partial charge in [-0.2, -0.15) is 14.6 Å². The van der Waals surface area contributed by atoms with Crippen molar-refractivity contribution in [2.24, 2.45) is 5.92 Å². The average Bonchev–Trinajstić information content (AvgIpc) is 2.93. The first-order chi connectivity index (χ1) is 8.70. The summed E-state index contributed by atoms with van der Waals surface area (Å²) in [5, 5.41) is 5.26. The molecule has 0 aromatic carbocycles. The van der Waals surface area contributed by atoms with Gasteiger partial charge in [0.2, 0.25) is 0 Å². The van der Waals surface area contributed by atoms with E-state index in [0.29, 0.717) is 17.7 Å². The predicted molar refractivity (Wildman–Crippen MR) is 74.2 cm³/mol. The largest absolute Gasteiger partial charge is 0.352 e. The van der Waals surface area contributed by atoms with Crippen LogP contribution in [0.4, 0.5) is 5.82 Å². The third-order valence-corrected chi connectivity index (χ3v) is 4.36. The van der Waals surface area contributed by atoms with Crippen molar-refractivity contribution in [3.8, 4) is 0 Å². The van der Waals surface area contributed by atoms with E-state index in [1.807, 2.05) is 11.4 Å². The zero-order valence-electron chi connectivity index (χ0n) is 10.5. The van der Waals surface area contributed by atoms with Crippen molar-refractivity contribution in [2.45, 2.75) is 26.3 Å². The Morgan fingerprint density at radius 3 is 3.11 bits per heavy atom. The fourth-order valence-corrected chi connectivity index (χ4v) is 3.63. The Kier molecular flexibility index (Phi) is 2.97. The number of rotatable bonds is 2. The van der Waals surface area contributed by atoms with Gasteiger partial charge in [0.05, 0.1) is 0 Å². The molecule has 1 aliphatic rings. The molecule has 18 heavy (non-hydrogen) atoms. The van der Waals surface area contributed by atoms with E-state index < -0.39 is 0 Å². The van der Waals surface area contributed by atoms with Crippen LogP contribution in [0.25, 0.3) is 5.78 Å². The van der Waals surface area contributed by atoms with E-state index in [0.717, 1.165) is 23.4 Å². The van der Waals surface area contributed by atoms with Crippen LogP contribution in [0.15, 0.2) is 12.4 Å². The number of hydrogen-bond acceptors (Lipinski definition) is 4. The van der Waals surface area contributed by atoms with Crippen LogP contribution in [-0.2, 0) is 0 Å². The van der Waals surface area contributed by atoms with Gasteiger partial charge in [-0.05, 0) is 19.3 Å². The molecule has 0 spiro atoms. The van der Waals surface area contributed by atoms with Gasteiger partial charge in [0.15, 0.2) is 0 Å². The Morgan fingerprint density at radius 1 is 1.50 bits per heavy atom. The molecule has 1 fully saturated rings. The monoisotopic (exact) mass is 309 g/mol. The molecule has 1 aliphatic heterocycles. The van der Waals surface area contributed by atoms with E-state index >= 15 is 0 Å². The number of halogens is 1. The molecule has 2 atom stereocenters. The van der Waals surface area contributed by atoms with Gasteiger partial charge in [0.25, 0.3) is 5.78 Å². The van der Waals surface area contributed by atoms with Gasteiger partial charge in [-0.15, -0.1) is 0 Å². The molecule has 0 aliphatic carbocycles. The number of fused-ring (bicyclic) bond motifs is 1. The molecule has 6 heteroatoms. The number of hydrogen-bond donors (Lipinski definition) is 0. The number of nitrogens with zero attached hydrogens (tertiary/aromatic N) is 5. The van der Waals surface area contributed by atoms with E-state index in [-0.39, 0.29) is 0 Å². The molecule has 5 nitrogen and oxygen atoms in total. The summed E-state index contributed by atoms with van der Waals surface area (Å²) in [6.07, 6.45) is 2.78. The van der Waals surface area contributed by atoms with Crippen molar-refractivity contribution in [2.75, 3.05) is 16.8 Å². The molecule has 2 aromatic rings. The smallest absolute Gasteiger partial charge is 0.254 e. The van der Waals surface area contributed by atoms with E-state index in [2.05, 4.69) is 48.9 Å². The highest BCUT2D eigenvalue weighted by atomic mass is 79.9. The highest BCUT2D eigenvalue weighted by Gasteiger charge is 2.32. The van der Waals surface area contributed by atoms with Gasteiger partial charge in [-0.3, -0.25) is 0 Å². The minimum atomic E-state index is 0.513. The van der Waals surface area contributed by atoms with Crippen LogP contribution in [0.5, 0.6) is 0 Å². The lowest BCUT2D eigenvalue weighted by Gasteiger charge is -2.27. The maximum absolute atomic E-state index is 4.39. The molecule has 3 rings (SSSR count). The fourth-order valence-electron chi connectivity index (χ4n) is 2.64. The summed E-state index contributed by atoms with van der Waals surface area (Å²) >= 11 is 3.63. The molecular formula is C12H16BrN5. The average molecular weight is 310 g/mol. The Labute approximate surface area is 114 Å². The number of aromatic nitrogens is 4.